The van der Waals surface area contributed by atoms with Gasteiger partial charge in [0.15, 0.2) is 0 Å². The van der Waals surface area contributed by atoms with Crippen molar-refractivity contribution >= 4 is 40.4 Å². The minimum Gasteiger partial charge on any atom is -0.352 e. The smallest absolute Gasteiger partial charge is 0.265 e. The number of nitrogens with zero attached hydrogens (tertiary/aromatic N) is 2. The fourth-order valence-corrected chi connectivity index (χ4v) is 3.12. The van der Waals surface area contributed by atoms with E-state index in [4.69, 9.17) is 11.6 Å². The van der Waals surface area contributed by atoms with Crippen LogP contribution in [0.2, 0.25) is 5.02 Å². The second kappa shape index (κ2) is 8.64. The number of carbonyl (C=O) groups excluding carboxylic acids is 2. The largest absolute Gasteiger partial charge is 0.352 e. The Morgan fingerprint density at radius 1 is 1.19 bits per heavy atom. The third-order valence-corrected chi connectivity index (χ3v) is 4.83. The highest BCUT2D eigenvalue weighted by molar-refractivity contribution is 7.12. The lowest BCUT2D eigenvalue weighted by Crippen LogP contribution is -2.25. The molecule has 2 amide bonds. The van der Waals surface area contributed by atoms with Crippen LogP contribution in [-0.4, -0.2) is 28.1 Å². The molecular weight excluding hydrogens is 372 g/mol. The summed E-state index contributed by atoms with van der Waals surface area (Å²) in [5.74, 6) is -0.465. The quantitative estimate of drug-likeness (QED) is 0.606. The van der Waals surface area contributed by atoms with Crippen LogP contribution in [0.5, 0.6) is 0 Å². The maximum atomic E-state index is 12.3. The van der Waals surface area contributed by atoms with E-state index < -0.39 is 0 Å². The molecule has 2 aromatic heterocycles. The average Bonchev–Trinajstić information content (AvgIpc) is 3.34. The van der Waals surface area contributed by atoms with Gasteiger partial charge in [-0.05, 0) is 42.1 Å². The Kier molecular flexibility index (Phi) is 6.04. The molecule has 6 nitrogen and oxygen atoms in total. The molecule has 3 aromatic rings. The molecule has 0 aliphatic carbocycles. The highest BCUT2D eigenvalue weighted by Crippen LogP contribution is 2.24. The zero-order chi connectivity index (χ0) is 18.4. The molecular formula is C18H17ClN4O2S. The second-order valence-electron chi connectivity index (χ2n) is 5.50. The first kappa shape index (κ1) is 18.2. The molecule has 0 unspecified atom stereocenters. The lowest BCUT2D eigenvalue weighted by molar-refractivity contribution is 0.0951. The predicted molar refractivity (Wildman–Crippen MR) is 103 cm³/mol. The molecule has 0 bridgehead atoms. The Balaban J connectivity index is 1.57. The van der Waals surface area contributed by atoms with Crippen molar-refractivity contribution in [1.82, 2.24) is 15.1 Å². The summed E-state index contributed by atoms with van der Waals surface area (Å²) >= 11 is 7.48. The number of aromatic nitrogens is 2. The SMILES string of the molecule is O=C(NCCCn1cccn1)c1ccc(Cl)c(NC(=O)c2cccs2)c1. The monoisotopic (exact) mass is 388 g/mol. The number of rotatable bonds is 7. The number of halogens is 1. The zero-order valence-electron chi connectivity index (χ0n) is 13.8. The maximum Gasteiger partial charge on any atom is 0.265 e. The molecule has 0 radical (unpaired) electrons. The van der Waals surface area contributed by atoms with Gasteiger partial charge >= 0.3 is 0 Å². The molecule has 0 fully saturated rings. The minimum atomic E-state index is -0.251. The number of aryl methyl sites for hydroxylation is 1. The van der Waals surface area contributed by atoms with E-state index in [1.807, 2.05) is 22.3 Å². The molecule has 0 aliphatic rings. The second-order valence-corrected chi connectivity index (χ2v) is 6.86. The number of thiophene rings is 1. The van der Waals surface area contributed by atoms with Gasteiger partial charge in [-0.15, -0.1) is 11.3 Å². The van der Waals surface area contributed by atoms with E-state index in [-0.39, 0.29) is 11.8 Å². The average molecular weight is 389 g/mol. The van der Waals surface area contributed by atoms with Crippen LogP contribution in [0.3, 0.4) is 0 Å². The highest BCUT2D eigenvalue weighted by atomic mass is 35.5. The van der Waals surface area contributed by atoms with Crippen LogP contribution >= 0.6 is 22.9 Å². The Bertz CT molecular complexity index is 879. The minimum absolute atomic E-state index is 0.214. The van der Waals surface area contributed by atoms with E-state index in [9.17, 15) is 9.59 Å². The third kappa shape index (κ3) is 4.71. The summed E-state index contributed by atoms with van der Waals surface area (Å²) in [4.78, 5) is 25.0. The van der Waals surface area contributed by atoms with Gasteiger partial charge in [-0.25, -0.2) is 0 Å². The van der Waals surface area contributed by atoms with Gasteiger partial charge in [-0.1, -0.05) is 17.7 Å². The molecule has 2 N–H and O–H groups in total. The van der Waals surface area contributed by atoms with Crippen molar-refractivity contribution in [2.75, 3.05) is 11.9 Å². The predicted octanol–water partition coefficient (Wildman–Crippen LogP) is 3.67. The van der Waals surface area contributed by atoms with Crippen LogP contribution in [0.4, 0.5) is 5.69 Å². The summed E-state index contributed by atoms with van der Waals surface area (Å²) in [6, 6.07) is 10.2. The number of hydrogen-bond acceptors (Lipinski definition) is 4. The summed E-state index contributed by atoms with van der Waals surface area (Å²) < 4.78 is 1.81. The molecule has 134 valence electrons. The molecule has 0 atom stereocenters. The standard InChI is InChI=1S/C18H17ClN4O2S/c19-14-6-5-13(12-15(14)22-18(25)16-4-1-11-26-16)17(24)20-7-2-9-23-10-3-8-21-23/h1,3-6,8,10-12H,2,7,9H2,(H,20,24)(H,22,25). The number of benzene rings is 1. The van der Waals surface area contributed by atoms with Crippen molar-refractivity contribution in [3.8, 4) is 0 Å². The number of amides is 2. The van der Waals surface area contributed by atoms with E-state index in [0.717, 1.165) is 13.0 Å². The topological polar surface area (TPSA) is 76.0 Å². The Labute approximate surface area is 159 Å². The molecule has 0 spiro atoms. The lowest BCUT2D eigenvalue weighted by atomic mass is 10.2. The maximum absolute atomic E-state index is 12.3. The van der Waals surface area contributed by atoms with E-state index >= 15 is 0 Å². The Morgan fingerprint density at radius 3 is 2.81 bits per heavy atom. The summed E-state index contributed by atoms with van der Waals surface area (Å²) in [6.07, 6.45) is 4.37. The summed E-state index contributed by atoms with van der Waals surface area (Å²) in [7, 11) is 0. The molecule has 8 heteroatoms. The summed E-state index contributed by atoms with van der Waals surface area (Å²) in [5.41, 5.74) is 0.851. The van der Waals surface area contributed by atoms with Crippen LogP contribution in [-0.2, 0) is 6.54 Å². The van der Waals surface area contributed by atoms with Gasteiger partial charge in [0.05, 0.1) is 15.6 Å². The first-order chi connectivity index (χ1) is 12.6. The van der Waals surface area contributed by atoms with Crippen LogP contribution in [0, 0.1) is 0 Å². The summed E-state index contributed by atoms with van der Waals surface area (Å²) in [6.45, 7) is 1.26. The fourth-order valence-electron chi connectivity index (χ4n) is 2.33. The van der Waals surface area contributed by atoms with Crippen LogP contribution in [0.1, 0.15) is 26.5 Å². The molecule has 26 heavy (non-hydrogen) atoms. The Hall–Kier alpha value is -2.64. The highest BCUT2D eigenvalue weighted by Gasteiger charge is 2.12. The fraction of sp³-hybridized carbons (Fsp3) is 0.167. The zero-order valence-corrected chi connectivity index (χ0v) is 15.4. The van der Waals surface area contributed by atoms with Crippen molar-refractivity contribution in [3.05, 3.63) is 69.6 Å². The van der Waals surface area contributed by atoms with Crippen molar-refractivity contribution in [3.63, 3.8) is 0 Å². The first-order valence-corrected chi connectivity index (χ1v) is 9.29. The van der Waals surface area contributed by atoms with Crippen LogP contribution in [0.25, 0.3) is 0 Å². The molecule has 0 aliphatic heterocycles. The van der Waals surface area contributed by atoms with Gasteiger partial charge in [0.1, 0.15) is 0 Å². The number of anilines is 1. The van der Waals surface area contributed by atoms with Gasteiger partial charge < -0.3 is 10.6 Å². The molecule has 3 rings (SSSR count). The van der Waals surface area contributed by atoms with Crippen molar-refractivity contribution < 1.29 is 9.59 Å². The van der Waals surface area contributed by atoms with Gasteiger partial charge in [0, 0.05) is 31.0 Å². The number of hydrogen-bond donors (Lipinski definition) is 2. The first-order valence-electron chi connectivity index (χ1n) is 8.03. The van der Waals surface area contributed by atoms with Gasteiger partial charge in [-0.2, -0.15) is 5.10 Å². The van der Waals surface area contributed by atoms with Crippen LogP contribution in [0.15, 0.2) is 54.2 Å². The number of nitrogens with one attached hydrogen (secondary N) is 2. The van der Waals surface area contributed by atoms with E-state index in [1.54, 1.807) is 36.5 Å². The molecule has 0 saturated heterocycles. The van der Waals surface area contributed by atoms with E-state index in [0.29, 0.717) is 27.7 Å². The lowest BCUT2D eigenvalue weighted by Gasteiger charge is -2.10. The van der Waals surface area contributed by atoms with Crippen LogP contribution < -0.4 is 10.6 Å². The third-order valence-electron chi connectivity index (χ3n) is 3.63. The van der Waals surface area contributed by atoms with Gasteiger partial charge in [-0.3, -0.25) is 14.3 Å². The molecule has 2 heterocycles. The van der Waals surface area contributed by atoms with Crippen molar-refractivity contribution in [2.45, 2.75) is 13.0 Å². The van der Waals surface area contributed by atoms with Gasteiger partial charge in [0.25, 0.3) is 11.8 Å². The van der Waals surface area contributed by atoms with Crippen molar-refractivity contribution in [1.29, 1.82) is 0 Å². The molecule has 1 aromatic carbocycles. The Morgan fingerprint density at radius 2 is 2.08 bits per heavy atom. The van der Waals surface area contributed by atoms with E-state index in [1.165, 1.54) is 11.3 Å². The molecule has 0 saturated carbocycles. The normalized spacial score (nSPS) is 10.5. The van der Waals surface area contributed by atoms with Gasteiger partial charge in [0.2, 0.25) is 0 Å². The number of carbonyl (C=O) groups is 2. The van der Waals surface area contributed by atoms with E-state index in [2.05, 4.69) is 15.7 Å². The summed E-state index contributed by atoms with van der Waals surface area (Å²) in [5, 5.41) is 11.9. The van der Waals surface area contributed by atoms with Crippen molar-refractivity contribution in [2.24, 2.45) is 0 Å².